The summed E-state index contributed by atoms with van der Waals surface area (Å²) in [5, 5.41) is 11.3. The first-order valence-corrected chi connectivity index (χ1v) is 8.23. The quantitative estimate of drug-likeness (QED) is 0.503. The summed E-state index contributed by atoms with van der Waals surface area (Å²) < 4.78 is 23.0. The third-order valence-electron chi connectivity index (χ3n) is 2.74. The van der Waals surface area contributed by atoms with Gasteiger partial charge in [-0.15, -0.1) is 0 Å². The van der Waals surface area contributed by atoms with Crippen molar-refractivity contribution in [2.45, 2.75) is 24.2 Å². The van der Waals surface area contributed by atoms with Gasteiger partial charge in [0.15, 0.2) is 9.84 Å². The number of carbonyl (C=O) groups is 1. The van der Waals surface area contributed by atoms with Crippen LogP contribution in [0, 0.1) is 0 Å². The fraction of sp³-hybridized carbons (Fsp3) is 0.462. The van der Waals surface area contributed by atoms with E-state index in [4.69, 9.17) is 10.8 Å². The van der Waals surface area contributed by atoms with Crippen LogP contribution in [0.15, 0.2) is 23.1 Å². The first kappa shape index (κ1) is 16.5. The molecule has 0 saturated heterocycles. The van der Waals surface area contributed by atoms with Crippen molar-refractivity contribution in [3.63, 3.8) is 0 Å². The van der Waals surface area contributed by atoms with Crippen LogP contribution < -0.4 is 11.1 Å². The van der Waals surface area contributed by atoms with Crippen molar-refractivity contribution in [3.05, 3.63) is 23.8 Å². The van der Waals surface area contributed by atoms with Crippen LogP contribution in [0.5, 0.6) is 0 Å². The number of anilines is 1. The fourth-order valence-corrected chi connectivity index (χ4v) is 2.38. The van der Waals surface area contributed by atoms with Crippen LogP contribution in [-0.2, 0) is 9.84 Å². The monoisotopic (exact) mass is 300 g/mol. The number of unbranched alkanes of at least 4 members (excludes halogenated alkanes) is 2. The number of hydrogen-bond acceptors (Lipinski definition) is 5. The zero-order chi connectivity index (χ0) is 15.2. The van der Waals surface area contributed by atoms with E-state index in [2.05, 4.69) is 5.32 Å². The van der Waals surface area contributed by atoms with E-state index in [0.29, 0.717) is 13.0 Å². The molecule has 4 N–H and O–H groups in total. The highest BCUT2D eigenvalue weighted by Gasteiger charge is 2.13. The zero-order valence-corrected chi connectivity index (χ0v) is 12.2. The molecule has 0 aliphatic rings. The summed E-state index contributed by atoms with van der Waals surface area (Å²) in [6.45, 7) is 0.614. The molecule has 1 aromatic carbocycles. The molecule has 0 bridgehead atoms. The summed E-state index contributed by atoms with van der Waals surface area (Å²) in [7, 11) is -3.40. The number of sulfone groups is 1. The fourth-order valence-electron chi connectivity index (χ4n) is 1.68. The number of aliphatic hydroxyl groups excluding tert-OH is 1. The van der Waals surface area contributed by atoms with E-state index < -0.39 is 9.84 Å². The molecule has 0 atom stereocenters. The van der Waals surface area contributed by atoms with E-state index in [1.165, 1.54) is 18.2 Å². The Bertz CT molecular complexity index is 570. The van der Waals surface area contributed by atoms with Crippen molar-refractivity contribution in [3.8, 4) is 0 Å². The summed E-state index contributed by atoms with van der Waals surface area (Å²) in [5.41, 5.74) is 6.08. The summed E-state index contributed by atoms with van der Waals surface area (Å²) in [6.07, 6.45) is 3.35. The SMILES string of the molecule is CS(=O)(=O)c1cc(N)cc(C(=O)NCCCCCO)c1. The normalized spacial score (nSPS) is 11.3. The second-order valence-corrected chi connectivity index (χ2v) is 6.62. The van der Waals surface area contributed by atoms with Gasteiger partial charge in [-0.25, -0.2) is 8.42 Å². The minimum absolute atomic E-state index is 0.0305. The van der Waals surface area contributed by atoms with E-state index >= 15 is 0 Å². The molecule has 112 valence electrons. The number of rotatable bonds is 7. The van der Waals surface area contributed by atoms with Crippen molar-refractivity contribution in [2.75, 3.05) is 25.1 Å². The van der Waals surface area contributed by atoms with E-state index in [0.717, 1.165) is 19.1 Å². The Kier molecular flexibility index (Phi) is 5.97. The maximum absolute atomic E-state index is 11.9. The van der Waals surface area contributed by atoms with Crippen molar-refractivity contribution < 1.29 is 18.3 Å². The van der Waals surface area contributed by atoms with Crippen LogP contribution >= 0.6 is 0 Å². The van der Waals surface area contributed by atoms with Gasteiger partial charge in [-0.05, 0) is 37.5 Å². The van der Waals surface area contributed by atoms with Gasteiger partial charge in [0.25, 0.3) is 5.91 Å². The number of nitrogens with one attached hydrogen (secondary N) is 1. The average Bonchev–Trinajstić information content (AvgIpc) is 2.36. The smallest absolute Gasteiger partial charge is 0.251 e. The first-order chi connectivity index (χ1) is 9.34. The molecule has 0 heterocycles. The highest BCUT2D eigenvalue weighted by molar-refractivity contribution is 7.90. The third kappa shape index (κ3) is 5.18. The molecule has 1 aromatic rings. The van der Waals surface area contributed by atoms with Crippen LogP contribution in [0.4, 0.5) is 5.69 Å². The molecule has 0 aromatic heterocycles. The Morgan fingerprint density at radius 3 is 2.55 bits per heavy atom. The van der Waals surface area contributed by atoms with Gasteiger partial charge in [-0.2, -0.15) is 0 Å². The predicted molar refractivity (Wildman–Crippen MR) is 77.2 cm³/mol. The lowest BCUT2D eigenvalue weighted by atomic mass is 10.2. The van der Waals surface area contributed by atoms with Gasteiger partial charge in [-0.3, -0.25) is 4.79 Å². The number of benzene rings is 1. The van der Waals surface area contributed by atoms with E-state index in [9.17, 15) is 13.2 Å². The zero-order valence-electron chi connectivity index (χ0n) is 11.4. The van der Waals surface area contributed by atoms with Crippen LogP contribution in [-0.4, -0.2) is 38.8 Å². The molecule has 0 fully saturated rings. The lowest BCUT2D eigenvalue weighted by Gasteiger charge is -2.07. The lowest BCUT2D eigenvalue weighted by Crippen LogP contribution is -2.24. The molecule has 7 heteroatoms. The summed E-state index contributed by atoms with van der Waals surface area (Å²) in [5.74, 6) is -0.355. The van der Waals surface area contributed by atoms with Gasteiger partial charge in [0.05, 0.1) is 4.90 Å². The highest BCUT2D eigenvalue weighted by Crippen LogP contribution is 2.16. The van der Waals surface area contributed by atoms with Gasteiger partial charge >= 0.3 is 0 Å². The minimum Gasteiger partial charge on any atom is -0.399 e. The Morgan fingerprint density at radius 2 is 1.95 bits per heavy atom. The summed E-state index contributed by atoms with van der Waals surface area (Å²) in [4.78, 5) is 11.9. The van der Waals surface area contributed by atoms with Gasteiger partial charge in [0.2, 0.25) is 0 Å². The molecule has 1 amide bonds. The molecule has 0 radical (unpaired) electrons. The van der Waals surface area contributed by atoms with Crippen LogP contribution in [0.25, 0.3) is 0 Å². The molecule has 0 aliphatic carbocycles. The summed E-state index contributed by atoms with van der Waals surface area (Å²) >= 11 is 0. The Balaban J connectivity index is 2.71. The standard InChI is InChI=1S/C13H20N2O4S/c1-20(18,19)12-8-10(7-11(14)9-12)13(17)15-5-3-2-4-6-16/h7-9,16H,2-6,14H2,1H3,(H,15,17). The van der Waals surface area contributed by atoms with Crippen molar-refractivity contribution >= 4 is 21.4 Å². The lowest BCUT2D eigenvalue weighted by molar-refractivity contribution is 0.0952. The number of hydrogen-bond donors (Lipinski definition) is 3. The average molecular weight is 300 g/mol. The maximum atomic E-state index is 11.9. The molecular formula is C13H20N2O4S. The van der Waals surface area contributed by atoms with Crippen LogP contribution in [0.1, 0.15) is 29.6 Å². The minimum atomic E-state index is -3.40. The number of aliphatic hydroxyl groups is 1. The molecule has 0 spiro atoms. The molecular weight excluding hydrogens is 280 g/mol. The van der Waals surface area contributed by atoms with Crippen molar-refractivity contribution in [1.82, 2.24) is 5.32 Å². The van der Waals surface area contributed by atoms with Gasteiger partial charge in [-0.1, -0.05) is 0 Å². The van der Waals surface area contributed by atoms with E-state index in [-0.39, 0.29) is 28.7 Å². The first-order valence-electron chi connectivity index (χ1n) is 6.34. The number of nitrogen functional groups attached to an aromatic ring is 1. The number of amides is 1. The van der Waals surface area contributed by atoms with Gasteiger partial charge < -0.3 is 16.2 Å². The second kappa shape index (κ2) is 7.25. The van der Waals surface area contributed by atoms with Crippen LogP contribution in [0.2, 0.25) is 0 Å². The molecule has 1 rings (SSSR count). The van der Waals surface area contributed by atoms with Crippen LogP contribution in [0.3, 0.4) is 0 Å². The third-order valence-corrected chi connectivity index (χ3v) is 3.83. The Hall–Kier alpha value is -1.60. The molecule has 0 saturated carbocycles. The highest BCUT2D eigenvalue weighted by atomic mass is 32.2. The molecule has 20 heavy (non-hydrogen) atoms. The molecule has 0 aliphatic heterocycles. The predicted octanol–water partition coefficient (Wildman–Crippen LogP) is 0.565. The molecule has 6 nitrogen and oxygen atoms in total. The second-order valence-electron chi connectivity index (χ2n) is 4.60. The van der Waals surface area contributed by atoms with Crippen molar-refractivity contribution in [2.24, 2.45) is 0 Å². The summed E-state index contributed by atoms with van der Waals surface area (Å²) in [6, 6.07) is 4.08. The van der Waals surface area contributed by atoms with Gasteiger partial charge in [0.1, 0.15) is 0 Å². The van der Waals surface area contributed by atoms with Gasteiger partial charge in [0, 0.05) is 30.7 Å². The largest absolute Gasteiger partial charge is 0.399 e. The topological polar surface area (TPSA) is 109 Å². The van der Waals surface area contributed by atoms with E-state index in [1.807, 2.05) is 0 Å². The maximum Gasteiger partial charge on any atom is 0.251 e. The van der Waals surface area contributed by atoms with Crippen molar-refractivity contribution in [1.29, 1.82) is 0 Å². The molecule has 0 unspecified atom stereocenters. The number of nitrogens with two attached hydrogens (primary N) is 1. The number of carbonyl (C=O) groups excluding carboxylic acids is 1. The Labute approximate surface area is 118 Å². The van der Waals surface area contributed by atoms with E-state index in [1.54, 1.807) is 0 Å². The Morgan fingerprint density at radius 1 is 1.25 bits per heavy atom.